The average molecular weight is 537 g/mol. The standard InChI is InChI=1S/C25H49IO2Si/c1-5-25(27)28-24(2)22-20-18-16-14-12-10-8-6-7-9-11-13-15-17-19-21-23-29(3,4)26/h5,24H,1,6-23H2,2-4H3. The second kappa shape index (κ2) is 20.1. The lowest BCUT2D eigenvalue weighted by Gasteiger charge is -2.12. The lowest BCUT2D eigenvalue weighted by Crippen LogP contribution is -2.13. The van der Waals surface area contributed by atoms with Crippen molar-refractivity contribution in [2.45, 2.75) is 141 Å². The summed E-state index contributed by atoms with van der Waals surface area (Å²) in [6.07, 6.45) is 24.6. The molecular formula is C25H49IO2Si. The molecule has 0 saturated carbocycles. The number of ether oxygens (including phenoxy) is 1. The molecule has 0 aliphatic heterocycles. The maximum absolute atomic E-state index is 11.1. The highest BCUT2D eigenvalue weighted by molar-refractivity contribution is 14.1. The van der Waals surface area contributed by atoms with Gasteiger partial charge in [-0.1, -0.05) is 116 Å². The minimum absolute atomic E-state index is 0.0233. The summed E-state index contributed by atoms with van der Waals surface area (Å²) in [5.74, 6) is -0.301. The Kier molecular flexibility index (Phi) is 20.2. The number of carbonyl (C=O) groups is 1. The van der Waals surface area contributed by atoms with Gasteiger partial charge in [-0.05, 0) is 25.8 Å². The normalized spacial score (nSPS) is 12.7. The smallest absolute Gasteiger partial charge is 0.330 e. The first-order valence-electron chi connectivity index (χ1n) is 12.4. The molecule has 0 aromatic carbocycles. The van der Waals surface area contributed by atoms with Crippen molar-refractivity contribution < 1.29 is 9.53 Å². The number of hydrogen-bond acceptors (Lipinski definition) is 2. The monoisotopic (exact) mass is 536 g/mol. The number of esters is 1. The van der Waals surface area contributed by atoms with Crippen molar-refractivity contribution in [1.82, 2.24) is 0 Å². The van der Waals surface area contributed by atoms with Crippen molar-refractivity contribution in [3.05, 3.63) is 12.7 Å². The molecule has 0 spiro atoms. The van der Waals surface area contributed by atoms with Gasteiger partial charge in [-0.25, -0.2) is 4.79 Å². The molecule has 1 unspecified atom stereocenters. The van der Waals surface area contributed by atoms with Crippen LogP contribution in [0, 0.1) is 0 Å². The molecule has 172 valence electrons. The second-order valence-corrected chi connectivity index (χ2v) is 22.1. The number of hydrogen-bond donors (Lipinski definition) is 0. The molecule has 0 aromatic rings. The van der Waals surface area contributed by atoms with Gasteiger partial charge in [0.2, 0.25) is 0 Å². The number of carbonyl (C=O) groups excluding carboxylic acids is 1. The summed E-state index contributed by atoms with van der Waals surface area (Å²) in [6.45, 7) is 10.3. The maximum atomic E-state index is 11.1. The molecule has 0 aliphatic carbocycles. The van der Waals surface area contributed by atoms with E-state index in [1.54, 1.807) is 0 Å². The summed E-state index contributed by atoms with van der Waals surface area (Å²) in [6, 6.07) is 1.50. The van der Waals surface area contributed by atoms with Gasteiger partial charge in [0.25, 0.3) is 0 Å². The number of unbranched alkanes of at least 4 members (excludes halogenated alkanes) is 15. The molecule has 0 radical (unpaired) electrons. The van der Waals surface area contributed by atoms with E-state index in [0.717, 1.165) is 12.8 Å². The highest BCUT2D eigenvalue weighted by atomic mass is 127. The van der Waals surface area contributed by atoms with Crippen LogP contribution in [0.15, 0.2) is 12.7 Å². The van der Waals surface area contributed by atoms with E-state index in [1.807, 2.05) is 6.92 Å². The number of halogens is 1. The van der Waals surface area contributed by atoms with Crippen LogP contribution >= 0.6 is 21.8 Å². The minimum atomic E-state index is -0.824. The van der Waals surface area contributed by atoms with Crippen LogP contribution in [-0.4, -0.2) is 17.6 Å². The molecule has 0 rings (SSSR count). The fourth-order valence-electron chi connectivity index (χ4n) is 3.76. The first-order chi connectivity index (χ1) is 13.8. The van der Waals surface area contributed by atoms with E-state index in [9.17, 15) is 4.79 Å². The highest BCUT2D eigenvalue weighted by Crippen LogP contribution is 2.22. The highest BCUT2D eigenvalue weighted by Gasteiger charge is 2.14. The van der Waals surface area contributed by atoms with E-state index in [-0.39, 0.29) is 12.1 Å². The Balaban J connectivity index is 3.15. The second-order valence-electron chi connectivity index (χ2n) is 9.37. The van der Waals surface area contributed by atoms with Crippen molar-refractivity contribution in [1.29, 1.82) is 0 Å². The van der Waals surface area contributed by atoms with Gasteiger partial charge in [-0.3, -0.25) is 0 Å². The van der Waals surface area contributed by atoms with E-state index >= 15 is 0 Å². The van der Waals surface area contributed by atoms with Gasteiger partial charge in [0.05, 0.1) is 6.10 Å². The molecule has 0 aromatic heterocycles. The van der Waals surface area contributed by atoms with E-state index in [1.165, 1.54) is 108 Å². The predicted molar refractivity (Wildman–Crippen MR) is 141 cm³/mol. The zero-order valence-electron chi connectivity index (χ0n) is 19.8. The van der Waals surface area contributed by atoms with Gasteiger partial charge in [0, 0.05) is 6.08 Å². The number of rotatable bonds is 21. The van der Waals surface area contributed by atoms with Crippen molar-refractivity contribution >= 4 is 33.3 Å². The van der Waals surface area contributed by atoms with Crippen molar-refractivity contribution in [2.75, 3.05) is 0 Å². The SMILES string of the molecule is C=CC(=O)OC(C)CCCCCCCCCCCCCCCCCC[Si](C)(C)I. The molecule has 0 N–H and O–H groups in total. The summed E-state index contributed by atoms with van der Waals surface area (Å²) in [5, 5.41) is 0. The van der Waals surface area contributed by atoms with Crippen LogP contribution in [0.5, 0.6) is 0 Å². The molecule has 0 heterocycles. The quantitative estimate of drug-likeness (QED) is 0.0365. The van der Waals surface area contributed by atoms with E-state index < -0.39 is 5.57 Å². The molecular weight excluding hydrogens is 487 g/mol. The van der Waals surface area contributed by atoms with Gasteiger partial charge in [-0.2, -0.15) is 0 Å². The Morgan fingerprint density at radius 3 is 1.48 bits per heavy atom. The zero-order chi connectivity index (χ0) is 21.8. The van der Waals surface area contributed by atoms with Crippen LogP contribution in [0.2, 0.25) is 19.1 Å². The first-order valence-corrected chi connectivity index (χ1v) is 18.7. The van der Waals surface area contributed by atoms with Crippen LogP contribution in [0.4, 0.5) is 0 Å². The van der Waals surface area contributed by atoms with E-state index in [4.69, 9.17) is 4.74 Å². The van der Waals surface area contributed by atoms with Gasteiger partial charge in [0.1, 0.15) is 5.57 Å². The largest absolute Gasteiger partial charge is 0.460 e. The Morgan fingerprint density at radius 1 is 0.793 bits per heavy atom. The fraction of sp³-hybridized carbons (Fsp3) is 0.880. The molecule has 0 fully saturated rings. The summed E-state index contributed by atoms with van der Waals surface area (Å²) >= 11 is 2.71. The van der Waals surface area contributed by atoms with Crippen LogP contribution in [-0.2, 0) is 9.53 Å². The van der Waals surface area contributed by atoms with E-state index in [2.05, 4.69) is 41.5 Å². The summed E-state index contributed by atoms with van der Waals surface area (Å²) in [4.78, 5) is 11.1. The fourth-order valence-corrected chi connectivity index (χ4v) is 5.99. The van der Waals surface area contributed by atoms with E-state index in [0.29, 0.717) is 0 Å². The molecule has 0 aliphatic rings. The zero-order valence-corrected chi connectivity index (χ0v) is 22.9. The minimum Gasteiger partial charge on any atom is -0.460 e. The van der Waals surface area contributed by atoms with Crippen LogP contribution in [0.3, 0.4) is 0 Å². The van der Waals surface area contributed by atoms with Crippen molar-refractivity contribution in [2.24, 2.45) is 0 Å². The summed E-state index contributed by atoms with van der Waals surface area (Å²) in [5.41, 5.74) is -0.824. The molecule has 0 amide bonds. The third-order valence-corrected chi connectivity index (χ3v) is 8.78. The van der Waals surface area contributed by atoms with Crippen LogP contribution < -0.4 is 0 Å². The first kappa shape index (κ1) is 29.2. The van der Waals surface area contributed by atoms with Crippen LogP contribution in [0.1, 0.15) is 116 Å². The Labute approximate surface area is 196 Å². The summed E-state index contributed by atoms with van der Waals surface area (Å²) in [7, 11) is 0. The van der Waals surface area contributed by atoms with Gasteiger partial charge in [0.15, 0.2) is 0 Å². The maximum Gasteiger partial charge on any atom is 0.330 e. The van der Waals surface area contributed by atoms with Crippen LogP contribution in [0.25, 0.3) is 0 Å². The Bertz CT molecular complexity index is 393. The van der Waals surface area contributed by atoms with Crippen molar-refractivity contribution in [3.63, 3.8) is 0 Å². The molecule has 4 heteroatoms. The molecule has 2 nitrogen and oxygen atoms in total. The lowest BCUT2D eigenvalue weighted by atomic mass is 10.0. The average Bonchev–Trinajstić information content (AvgIpc) is 2.66. The lowest BCUT2D eigenvalue weighted by molar-refractivity contribution is -0.142. The van der Waals surface area contributed by atoms with Gasteiger partial charge < -0.3 is 4.74 Å². The third kappa shape index (κ3) is 24.3. The molecule has 1 atom stereocenters. The molecule has 29 heavy (non-hydrogen) atoms. The topological polar surface area (TPSA) is 26.3 Å². The van der Waals surface area contributed by atoms with Crippen molar-refractivity contribution in [3.8, 4) is 0 Å². The Hall–Kier alpha value is 0.157. The van der Waals surface area contributed by atoms with Gasteiger partial charge in [-0.15, -0.1) is 21.8 Å². The summed E-state index contributed by atoms with van der Waals surface area (Å²) < 4.78 is 5.18. The molecule has 0 bridgehead atoms. The third-order valence-electron chi connectivity index (χ3n) is 5.62. The Morgan fingerprint density at radius 2 is 1.14 bits per heavy atom. The molecule has 0 saturated heterocycles. The van der Waals surface area contributed by atoms with Gasteiger partial charge >= 0.3 is 5.97 Å². The predicted octanol–water partition coefficient (Wildman–Crippen LogP) is 9.38.